The molecule has 2 aromatic rings. The predicted molar refractivity (Wildman–Crippen MR) is 90.4 cm³/mol. The summed E-state index contributed by atoms with van der Waals surface area (Å²) < 4.78 is 5.18. The van der Waals surface area contributed by atoms with Gasteiger partial charge in [-0.25, -0.2) is 0 Å². The fourth-order valence-corrected chi connectivity index (χ4v) is 3.22. The van der Waals surface area contributed by atoms with E-state index in [4.69, 9.17) is 4.42 Å². The van der Waals surface area contributed by atoms with E-state index in [1.54, 1.807) is 0 Å². The van der Waals surface area contributed by atoms with Gasteiger partial charge in [0.15, 0.2) is 0 Å². The van der Waals surface area contributed by atoms with Crippen LogP contribution < -0.4 is 5.32 Å². The Labute approximate surface area is 145 Å². The first-order valence-electron chi connectivity index (χ1n) is 8.67. The smallest absolute Gasteiger partial charge is 0.247 e. The first kappa shape index (κ1) is 15.8. The van der Waals surface area contributed by atoms with Crippen LogP contribution in [0.15, 0.2) is 35.1 Å². The highest BCUT2D eigenvalue weighted by Gasteiger charge is 2.35. The SMILES string of the molecule is O=C(Nc1cccc(-c2nnco2)c1)C1CCN(C(=O)C2CC2)CC1. The monoisotopic (exact) mass is 340 g/mol. The molecule has 0 spiro atoms. The van der Waals surface area contributed by atoms with Crippen LogP contribution in [0.1, 0.15) is 25.7 Å². The summed E-state index contributed by atoms with van der Waals surface area (Å²) in [6, 6.07) is 7.35. The summed E-state index contributed by atoms with van der Waals surface area (Å²) in [4.78, 5) is 26.5. The highest BCUT2D eigenvalue weighted by atomic mass is 16.4. The molecule has 7 nitrogen and oxygen atoms in total. The normalized spacial score (nSPS) is 18.2. The molecule has 0 radical (unpaired) electrons. The van der Waals surface area contributed by atoms with Crippen LogP contribution in [-0.4, -0.2) is 40.0 Å². The van der Waals surface area contributed by atoms with E-state index < -0.39 is 0 Å². The summed E-state index contributed by atoms with van der Waals surface area (Å²) in [5, 5.41) is 10.5. The van der Waals surface area contributed by atoms with E-state index in [0.29, 0.717) is 37.5 Å². The number of carbonyl (C=O) groups is 2. The molecule has 4 rings (SSSR count). The Hall–Kier alpha value is -2.70. The quantitative estimate of drug-likeness (QED) is 0.923. The second kappa shape index (κ2) is 6.66. The van der Waals surface area contributed by atoms with Gasteiger partial charge in [-0.2, -0.15) is 0 Å². The Balaban J connectivity index is 1.35. The number of amides is 2. The maximum Gasteiger partial charge on any atom is 0.247 e. The predicted octanol–water partition coefficient (Wildman–Crippen LogP) is 2.32. The first-order valence-corrected chi connectivity index (χ1v) is 8.67. The van der Waals surface area contributed by atoms with Crippen molar-refractivity contribution >= 4 is 17.5 Å². The number of piperidine rings is 1. The molecule has 2 heterocycles. The van der Waals surface area contributed by atoms with Crippen molar-refractivity contribution in [2.45, 2.75) is 25.7 Å². The molecule has 1 aliphatic heterocycles. The number of nitrogens with zero attached hydrogens (tertiary/aromatic N) is 3. The van der Waals surface area contributed by atoms with Crippen LogP contribution in [0.3, 0.4) is 0 Å². The Morgan fingerprint density at radius 3 is 2.60 bits per heavy atom. The van der Waals surface area contributed by atoms with Crippen molar-refractivity contribution in [3.05, 3.63) is 30.7 Å². The van der Waals surface area contributed by atoms with Crippen molar-refractivity contribution in [1.29, 1.82) is 0 Å². The Morgan fingerprint density at radius 2 is 1.92 bits per heavy atom. The van der Waals surface area contributed by atoms with E-state index in [2.05, 4.69) is 15.5 Å². The van der Waals surface area contributed by atoms with Gasteiger partial charge in [0.1, 0.15) is 0 Å². The lowest BCUT2D eigenvalue weighted by Crippen LogP contribution is -2.42. The zero-order valence-electron chi connectivity index (χ0n) is 13.9. The largest absolute Gasteiger partial charge is 0.423 e. The van der Waals surface area contributed by atoms with Crippen LogP contribution in [-0.2, 0) is 9.59 Å². The second-order valence-corrected chi connectivity index (χ2v) is 6.69. The zero-order valence-corrected chi connectivity index (χ0v) is 13.9. The van der Waals surface area contributed by atoms with Gasteiger partial charge in [0, 0.05) is 36.2 Å². The third kappa shape index (κ3) is 3.55. The third-order valence-corrected chi connectivity index (χ3v) is 4.84. The van der Waals surface area contributed by atoms with Crippen molar-refractivity contribution in [1.82, 2.24) is 15.1 Å². The maximum atomic E-state index is 12.5. The summed E-state index contributed by atoms with van der Waals surface area (Å²) in [6.45, 7) is 1.35. The number of likely N-dealkylation sites (tertiary alicyclic amines) is 1. The van der Waals surface area contributed by atoms with Crippen LogP contribution in [0.5, 0.6) is 0 Å². The molecule has 1 saturated carbocycles. The van der Waals surface area contributed by atoms with Crippen molar-refractivity contribution < 1.29 is 14.0 Å². The topological polar surface area (TPSA) is 88.3 Å². The minimum Gasteiger partial charge on any atom is -0.423 e. The lowest BCUT2D eigenvalue weighted by Gasteiger charge is -2.31. The lowest BCUT2D eigenvalue weighted by atomic mass is 9.95. The molecule has 2 amide bonds. The van der Waals surface area contributed by atoms with E-state index in [1.165, 1.54) is 6.39 Å². The summed E-state index contributed by atoms with van der Waals surface area (Å²) in [5.74, 6) is 0.878. The molecule has 1 aromatic carbocycles. The van der Waals surface area contributed by atoms with Gasteiger partial charge in [0.25, 0.3) is 0 Å². The summed E-state index contributed by atoms with van der Waals surface area (Å²) in [5.41, 5.74) is 1.47. The first-order chi connectivity index (χ1) is 12.2. The van der Waals surface area contributed by atoms with Gasteiger partial charge < -0.3 is 14.6 Å². The molecular weight excluding hydrogens is 320 g/mol. The molecule has 2 fully saturated rings. The molecule has 0 atom stereocenters. The number of benzene rings is 1. The molecule has 25 heavy (non-hydrogen) atoms. The molecule has 2 aliphatic rings. The molecule has 1 N–H and O–H groups in total. The molecule has 7 heteroatoms. The van der Waals surface area contributed by atoms with E-state index in [-0.39, 0.29) is 23.7 Å². The van der Waals surface area contributed by atoms with Crippen LogP contribution in [0.4, 0.5) is 5.69 Å². The molecule has 1 saturated heterocycles. The van der Waals surface area contributed by atoms with Crippen molar-refractivity contribution in [3.8, 4) is 11.5 Å². The summed E-state index contributed by atoms with van der Waals surface area (Å²) in [6.07, 6.45) is 4.75. The highest BCUT2D eigenvalue weighted by molar-refractivity contribution is 5.93. The van der Waals surface area contributed by atoms with Crippen molar-refractivity contribution in [3.63, 3.8) is 0 Å². The number of aromatic nitrogens is 2. The van der Waals surface area contributed by atoms with Crippen LogP contribution in [0, 0.1) is 11.8 Å². The van der Waals surface area contributed by atoms with Gasteiger partial charge in [-0.1, -0.05) is 6.07 Å². The second-order valence-electron chi connectivity index (χ2n) is 6.69. The molecule has 130 valence electrons. The van der Waals surface area contributed by atoms with Crippen LogP contribution in [0.25, 0.3) is 11.5 Å². The standard InChI is InChI=1S/C18H20N4O3/c23-16(12-6-8-22(9-7-12)18(24)13-4-5-13)20-15-3-1-2-14(10-15)17-21-19-11-25-17/h1-3,10-13H,4-9H2,(H,20,23). The fourth-order valence-electron chi connectivity index (χ4n) is 3.22. The van der Waals surface area contributed by atoms with E-state index in [9.17, 15) is 9.59 Å². The molecule has 1 aliphatic carbocycles. The minimum atomic E-state index is -0.0599. The average Bonchev–Trinajstić information content (AvgIpc) is 3.35. The number of hydrogen-bond acceptors (Lipinski definition) is 5. The zero-order chi connectivity index (χ0) is 17.2. The summed E-state index contributed by atoms with van der Waals surface area (Å²) in [7, 11) is 0. The Kier molecular flexibility index (Phi) is 4.21. The molecular formula is C18H20N4O3. The van der Waals surface area contributed by atoms with Crippen LogP contribution >= 0.6 is 0 Å². The van der Waals surface area contributed by atoms with E-state index in [0.717, 1.165) is 18.4 Å². The highest BCUT2D eigenvalue weighted by Crippen LogP contribution is 2.32. The maximum absolute atomic E-state index is 12.5. The van der Waals surface area contributed by atoms with Crippen molar-refractivity contribution in [2.24, 2.45) is 11.8 Å². The lowest BCUT2D eigenvalue weighted by molar-refractivity contribution is -0.135. The van der Waals surface area contributed by atoms with Gasteiger partial charge in [-0.15, -0.1) is 10.2 Å². The molecule has 0 bridgehead atoms. The number of nitrogens with one attached hydrogen (secondary N) is 1. The number of rotatable bonds is 4. The molecule has 0 unspecified atom stereocenters. The van der Waals surface area contributed by atoms with Gasteiger partial charge >= 0.3 is 0 Å². The van der Waals surface area contributed by atoms with Gasteiger partial charge in [-0.05, 0) is 43.9 Å². The summed E-state index contributed by atoms with van der Waals surface area (Å²) >= 11 is 0. The number of hydrogen-bond donors (Lipinski definition) is 1. The average molecular weight is 340 g/mol. The number of anilines is 1. The Bertz CT molecular complexity index is 762. The van der Waals surface area contributed by atoms with Gasteiger partial charge in [0.2, 0.25) is 24.1 Å². The molecule has 1 aromatic heterocycles. The third-order valence-electron chi connectivity index (χ3n) is 4.84. The van der Waals surface area contributed by atoms with Gasteiger partial charge in [0.05, 0.1) is 0 Å². The number of carbonyl (C=O) groups excluding carboxylic acids is 2. The van der Waals surface area contributed by atoms with Gasteiger partial charge in [-0.3, -0.25) is 9.59 Å². The van der Waals surface area contributed by atoms with Crippen LogP contribution in [0.2, 0.25) is 0 Å². The Morgan fingerprint density at radius 1 is 1.12 bits per heavy atom. The van der Waals surface area contributed by atoms with E-state index in [1.807, 2.05) is 29.2 Å². The van der Waals surface area contributed by atoms with E-state index >= 15 is 0 Å². The van der Waals surface area contributed by atoms with Crippen molar-refractivity contribution in [2.75, 3.05) is 18.4 Å². The minimum absolute atomic E-state index is 0.00111. The fraction of sp³-hybridized carbons (Fsp3) is 0.444.